The first-order chi connectivity index (χ1) is 21.3. The van der Waals surface area contributed by atoms with Crippen LogP contribution >= 0.6 is 11.6 Å². The Hall–Kier alpha value is -4.23. The first-order valence-corrected chi connectivity index (χ1v) is 14.2. The number of alkyl halides is 6. The fourth-order valence-corrected chi connectivity index (χ4v) is 5.08. The molecule has 0 saturated heterocycles. The lowest BCUT2D eigenvalue weighted by Gasteiger charge is -2.17. The van der Waals surface area contributed by atoms with E-state index in [1.807, 2.05) is 54.0 Å². The second kappa shape index (κ2) is 14.2. The zero-order chi connectivity index (χ0) is 32.8. The lowest BCUT2D eigenvalue weighted by Crippen LogP contribution is -2.39. The Kier molecular flexibility index (Phi) is 10.7. The van der Waals surface area contributed by atoms with Gasteiger partial charge in [0, 0.05) is 18.2 Å². The number of halogens is 7. The van der Waals surface area contributed by atoms with Gasteiger partial charge in [0.15, 0.2) is 5.15 Å². The first kappa shape index (κ1) is 33.7. The van der Waals surface area contributed by atoms with Crippen molar-refractivity contribution < 1.29 is 36.5 Å². The summed E-state index contributed by atoms with van der Waals surface area (Å²) in [6, 6.07) is 16.2. The van der Waals surface area contributed by atoms with Gasteiger partial charge in [-0.05, 0) is 52.9 Å². The maximum Gasteiger partial charge on any atom is 0.416 e. The summed E-state index contributed by atoms with van der Waals surface area (Å²) in [4.78, 5) is 4.46. The van der Waals surface area contributed by atoms with E-state index < -0.39 is 35.6 Å². The highest BCUT2D eigenvalue weighted by Crippen LogP contribution is 2.37. The topological polar surface area (TPSA) is 103 Å². The molecule has 45 heavy (non-hydrogen) atoms. The Balaban J connectivity index is 1.60. The van der Waals surface area contributed by atoms with Crippen molar-refractivity contribution >= 4 is 17.4 Å². The molecule has 0 saturated carbocycles. The van der Waals surface area contributed by atoms with Gasteiger partial charge in [-0.2, -0.15) is 26.3 Å². The van der Waals surface area contributed by atoms with Crippen molar-refractivity contribution in [3.63, 3.8) is 0 Å². The van der Waals surface area contributed by atoms with Gasteiger partial charge in [0.25, 0.3) is 0 Å². The fourth-order valence-electron chi connectivity index (χ4n) is 4.83. The molecule has 0 fully saturated rings. The van der Waals surface area contributed by atoms with Crippen molar-refractivity contribution in [2.24, 2.45) is 16.2 Å². The third kappa shape index (κ3) is 8.28. The van der Waals surface area contributed by atoms with Crippen molar-refractivity contribution in [2.75, 3.05) is 0 Å². The van der Waals surface area contributed by atoms with Crippen molar-refractivity contribution in [3.05, 3.63) is 111 Å². The van der Waals surface area contributed by atoms with E-state index >= 15 is 0 Å². The third-order valence-corrected chi connectivity index (χ3v) is 7.37. The van der Waals surface area contributed by atoms with Gasteiger partial charge in [-0.15, -0.1) is 0 Å². The molecule has 0 aliphatic rings. The maximum absolute atomic E-state index is 13.6. The summed E-state index contributed by atoms with van der Waals surface area (Å²) < 4.78 is 87.8. The van der Waals surface area contributed by atoms with E-state index in [0.717, 1.165) is 29.5 Å². The number of ether oxygens (including phenoxy) is 1. The molecule has 0 atom stereocenters. The number of imidazole rings is 1. The number of nitrogens with zero attached hydrogens (tertiary/aromatic N) is 4. The number of unbranched alkanes of at least 4 members (excludes halogenated alkanes) is 1. The number of amidine groups is 1. The smallest absolute Gasteiger partial charge is 0.370 e. The molecule has 0 unspecified atom stereocenters. The van der Waals surface area contributed by atoms with Crippen LogP contribution in [0.4, 0.5) is 26.3 Å². The number of nitrogens with two attached hydrogens (primary N) is 2. The Morgan fingerprint density at radius 2 is 1.69 bits per heavy atom. The van der Waals surface area contributed by atoms with E-state index in [-0.39, 0.29) is 17.6 Å². The number of hydrogen-bond donors (Lipinski definition) is 2. The van der Waals surface area contributed by atoms with E-state index in [1.165, 1.54) is 0 Å². The lowest BCUT2D eigenvalue weighted by atomic mass is 9.98. The minimum absolute atomic E-state index is 0.104. The van der Waals surface area contributed by atoms with E-state index in [4.69, 9.17) is 27.6 Å². The van der Waals surface area contributed by atoms with E-state index in [1.54, 1.807) is 6.07 Å². The first-order valence-electron chi connectivity index (χ1n) is 13.8. The normalized spacial score (nSPS) is 12.3. The molecule has 238 valence electrons. The van der Waals surface area contributed by atoms with Crippen LogP contribution in [0.1, 0.15) is 59.1 Å². The predicted molar refractivity (Wildman–Crippen MR) is 157 cm³/mol. The van der Waals surface area contributed by atoms with Gasteiger partial charge in [-0.3, -0.25) is 11.3 Å². The maximum atomic E-state index is 13.6. The molecule has 0 amide bonds. The molecule has 0 spiro atoms. The number of rotatable bonds is 11. The summed E-state index contributed by atoms with van der Waals surface area (Å²) in [5, 5.41) is 13.1. The molecule has 4 N–H and O–H groups in total. The Bertz CT molecular complexity index is 1660. The van der Waals surface area contributed by atoms with Crippen LogP contribution in [-0.2, 0) is 43.3 Å². The van der Waals surface area contributed by atoms with Gasteiger partial charge in [-0.1, -0.05) is 67.4 Å². The Morgan fingerprint density at radius 1 is 0.978 bits per heavy atom. The molecular formula is C31H30ClF6N6O+. The molecular weight excluding hydrogens is 622 g/mol. The van der Waals surface area contributed by atoms with E-state index in [0.29, 0.717) is 48.2 Å². The van der Waals surface area contributed by atoms with Crippen LogP contribution < -0.4 is 11.3 Å². The molecule has 0 aliphatic heterocycles. The van der Waals surface area contributed by atoms with Crippen molar-refractivity contribution in [1.29, 1.82) is 0 Å². The van der Waals surface area contributed by atoms with Crippen LogP contribution in [0, 0.1) is 0 Å². The summed E-state index contributed by atoms with van der Waals surface area (Å²) in [5.74, 6) is 5.96. The Morgan fingerprint density at radius 3 is 2.33 bits per heavy atom. The largest absolute Gasteiger partial charge is 0.416 e. The van der Waals surface area contributed by atoms with Gasteiger partial charge in [-0.25, -0.2) is 4.98 Å². The molecule has 1 heterocycles. The van der Waals surface area contributed by atoms with E-state index in [9.17, 15) is 26.3 Å². The average molecular weight is 652 g/mol. The van der Waals surface area contributed by atoms with Crippen LogP contribution in [0.2, 0.25) is 5.15 Å². The highest BCUT2D eigenvalue weighted by atomic mass is 35.5. The molecule has 3 aromatic carbocycles. The summed E-state index contributed by atoms with van der Waals surface area (Å²) >= 11 is 6.46. The molecule has 0 radical (unpaired) electrons. The van der Waals surface area contributed by atoms with Crippen LogP contribution in [-0.4, -0.2) is 15.4 Å². The van der Waals surface area contributed by atoms with E-state index in [2.05, 4.69) is 15.3 Å². The number of hydrogen-bond acceptors (Lipinski definition) is 3. The van der Waals surface area contributed by atoms with Crippen molar-refractivity contribution in [2.45, 2.75) is 58.3 Å². The summed E-state index contributed by atoms with van der Waals surface area (Å²) in [7, 11) is 0. The van der Waals surface area contributed by atoms with Crippen LogP contribution in [0.3, 0.4) is 0 Å². The number of benzene rings is 3. The summed E-state index contributed by atoms with van der Waals surface area (Å²) in [6.07, 6.45) is -7.41. The monoisotopic (exact) mass is 651 g/mol. The summed E-state index contributed by atoms with van der Waals surface area (Å²) in [6.45, 7) is 1.33. The quantitative estimate of drug-likeness (QED) is 0.0448. The van der Waals surface area contributed by atoms with Crippen molar-refractivity contribution in [1.82, 2.24) is 9.55 Å². The molecule has 1 aromatic heterocycles. The molecule has 7 nitrogen and oxygen atoms in total. The van der Waals surface area contributed by atoms with Gasteiger partial charge >= 0.3 is 18.2 Å². The third-order valence-electron chi connectivity index (χ3n) is 7.07. The van der Waals surface area contributed by atoms with Crippen LogP contribution in [0.15, 0.2) is 77.1 Å². The minimum Gasteiger partial charge on any atom is -0.370 e. The second-order valence-electron chi connectivity index (χ2n) is 10.2. The summed E-state index contributed by atoms with van der Waals surface area (Å²) in [5.41, 5.74) is 0.534. The van der Waals surface area contributed by atoms with Gasteiger partial charge in [0.1, 0.15) is 5.82 Å². The molecule has 4 rings (SSSR count). The average Bonchev–Trinajstić information content (AvgIpc) is 3.28. The molecule has 0 bridgehead atoms. The highest BCUT2D eigenvalue weighted by molar-refractivity contribution is 6.30. The van der Waals surface area contributed by atoms with Crippen molar-refractivity contribution in [3.8, 4) is 11.1 Å². The molecule has 14 heteroatoms. The highest BCUT2D eigenvalue weighted by Gasteiger charge is 2.37. The Labute approximate surface area is 260 Å². The second-order valence-corrected chi connectivity index (χ2v) is 10.5. The van der Waals surface area contributed by atoms with Gasteiger partial charge in [0.2, 0.25) is 0 Å². The lowest BCUT2D eigenvalue weighted by molar-refractivity contribution is -0.142. The standard InChI is InChI=1S/C31H29ClF6N6O/c1-2-3-8-27-41-28(32)26(18-45-17-21-15-22(30(33,34)35)13-14-25(21)31(36,37)38)44(27)16-19-9-11-20(12-10-19)23-6-4-5-7-24(23)29(39)42-43-40/h4-7,9-15H,2-3,8,16-18H2,1H3,(H3,39,40,42)/p+1. The zero-order valence-electron chi connectivity index (χ0n) is 24.1. The van der Waals surface area contributed by atoms with Gasteiger partial charge < -0.3 is 9.30 Å². The fraction of sp³-hybridized carbons (Fsp3) is 0.290. The van der Waals surface area contributed by atoms with Crippen LogP contribution in [0.25, 0.3) is 11.1 Å². The molecule has 0 aliphatic carbocycles. The van der Waals surface area contributed by atoms with Crippen LogP contribution in [0.5, 0.6) is 0 Å². The number of aryl methyl sites for hydroxylation is 1. The van der Waals surface area contributed by atoms with Gasteiger partial charge in [0.05, 0.1) is 40.7 Å². The zero-order valence-corrected chi connectivity index (χ0v) is 24.8. The molecule has 4 aromatic rings. The SMILES string of the molecule is CCCCc1nc(Cl)c(COCc2cc(C(F)(F)F)ccc2C(F)(F)F)n1Cc1ccc(-c2ccccc2C(=[NH2+])N=NN)cc1. The number of aromatic nitrogens is 2. The predicted octanol–water partition coefficient (Wildman–Crippen LogP) is 7.18. The minimum atomic E-state index is -4.86.